The van der Waals surface area contributed by atoms with Crippen LogP contribution in [0.25, 0.3) is 0 Å². The largest absolute Gasteiger partial charge is 0.333 e. The van der Waals surface area contributed by atoms with Gasteiger partial charge in [-0.3, -0.25) is 4.79 Å². The van der Waals surface area contributed by atoms with Crippen molar-refractivity contribution in [1.82, 2.24) is 14.9 Å². The van der Waals surface area contributed by atoms with E-state index >= 15 is 0 Å². The maximum Gasteiger partial charge on any atom is 0.221 e. The summed E-state index contributed by atoms with van der Waals surface area (Å²) in [5, 5.41) is 6.36. The van der Waals surface area contributed by atoms with Crippen LogP contribution in [0.3, 0.4) is 0 Å². The van der Waals surface area contributed by atoms with E-state index in [1.54, 1.807) is 6.20 Å². The fourth-order valence-corrected chi connectivity index (χ4v) is 2.83. The van der Waals surface area contributed by atoms with E-state index in [1.165, 1.54) is 18.1 Å². The Morgan fingerprint density at radius 2 is 1.92 bits per heavy atom. The Labute approximate surface area is 154 Å². The highest BCUT2D eigenvalue weighted by molar-refractivity contribution is 5.88. The second kappa shape index (κ2) is 8.45. The molecule has 0 aliphatic carbocycles. The van der Waals surface area contributed by atoms with Crippen LogP contribution >= 0.6 is 0 Å². The molecule has 0 bridgehead atoms. The number of hydrogen-bond acceptors (Lipinski definition) is 3. The summed E-state index contributed by atoms with van der Waals surface area (Å²) in [4.78, 5) is 15.3. The van der Waals surface area contributed by atoms with Crippen LogP contribution in [0.1, 0.15) is 36.6 Å². The van der Waals surface area contributed by atoms with Gasteiger partial charge in [0.15, 0.2) is 0 Å². The van der Waals surface area contributed by atoms with Gasteiger partial charge in [-0.25, -0.2) is 4.98 Å². The summed E-state index contributed by atoms with van der Waals surface area (Å²) in [7, 11) is 0. The van der Waals surface area contributed by atoms with Gasteiger partial charge in [-0.15, -0.1) is 0 Å². The van der Waals surface area contributed by atoms with Crippen LogP contribution in [0.5, 0.6) is 0 Å². The fourth-order valence-electron chi connectivity index (χ4n) is 2.83. The third-order valence-electron chi connectivity index (χ3n) is 4.27. The molecule has 0 fully saturated rings. The molecule has 5 heteroatoms. The van der Waals surface area contributed by atoms with Crippen molar-refractivity contribution in [3.05, 3.63) is 83.9 Å². The normalized spacial score (nSPS) is 11.9. The van der Waals surface area contributed by atoms with Crippen molar-refractivity contribution in [2.24, 2.45) is 0 Å². The minimum Gasteiger partial charge on any atom is -0.333 e. The molecule has 1 atom stereocenters. The molecule has 3 aromatic rings. The number of nitrogens with one attached hydrogen (secondary N) is 2. The number of nitrogens with zero attached hydrogens (tertiary/aromatic N) is 2. The first-order valence-electron chi connectivity index (χ1n) is 8.74. The molecule has 134 valence electrons. The highest BCUT2D eigenvalue weighted by Crippen LogP contribution is 2.18. The molecule has 1 heterocycles. The molecule has 26 heavy (non-hydrogen) atoms. The topological polar surface area (TPSA) is 59.0 Å². The first kappa shape index (κ1) is 17.9. The molecule has 1 aromatic heterocycles. The first-order valence-corrected chi connectivity index (χ1v) is 8.74. The van der Waals surface area contributed by atoms with Gasteiger partial charge in [0.2, 0.25) is 5.91 Å². The first-order chi connectivity index (χ1) is 12.6. The quantitative estimate of drug-likeness (QED) is 0.684. The Bertz CT molecular complexity index is 841. The average molecular weight is 348 g/mol. The van der Waals surface area contributed by atoms with Crippen molar-refractivity contribution in [2.75, 3.05) is 5.32 Å². The maximum absolute atomic E-state index is 11.2. The van der Waals surface area contributed by atoms with Gasteiger partial charge in [0.05, 0.1) is 6.33 Å². The minimum atomic E-state index is -0.0569. The molecule has 0 radical (unpaired) electrons. The zero-order chi connectivity index (χ0) is 18.4. The highest BCUT2D eigenvalue weighted by atomic mass is 16.1. The lowest BCUT2D eigenvalue weighted by Gasteiger charge is -2.16. The van der Waals surface area contributed by atoms with Crippen LogP contribution < -0.4 is 10.6 Å². The van der Waals surface area contributed by atoms with Gasteiger partial charge >= 0.3 is 0 Å². The van der Waals surface area contributed by atoms with Crippen molar-refractivity contribution < 1.29 is 4.79 Å². The van der Waals surface area contributed by atoms with Gasteiger partial charge in [0, 0.05) is 44.1 Å². The van der Waals surface area contributed by atoms with E-state index in [4.69, 9.17) is 0 Å². The Morgan fingerprint density at radius 1 is 1.15 bits per heavy atom. The second-order valence-electron chi connectivity index (χ2n) is 6.46. The van der Waals surface area contributed by atoms with Crippen LogP contribution in [0, 0.1) is 0 Å². The van der Waals surface area contributed by atoms with Crippen LogP contribution in [0.2, 0.25) is 0 Å². The summed E-state index contributed by atoms with van der Waals surface area (Å²) in [6.07, 6.45) is 5.58. The molecule has 2 aromatic carbocycles. The summed E-state index contributed by atoms with van der Waals surface area (Å²) < 4.78 is 2.05. The molecular formula is C21H24N4O. The van der Waals surface area contributed by atoms with Crippen molar-refractivity contribution in [3.8, 4) is 0 Å². The summed E-state index contributed by atoms with van der Waals surface area (Å²) in [6.45, 7) is 5.27. The minimum absolute atomic E-state index is 0.0569. The van der Waals surface area contributed by atoms with Crippen molar-refractivity contribution in [3.63, 3.8) is 0 Å². The zero-order valence-corrected chi connectivity index (χ0v) is 15.1. The van der Waals surface area contributed by atoms with Gasteiger partial charge in [-0.05, 0) is 35.7 Å². The number of imidazole rings is 1. The van der Waals surface area contributed by atoms with E-state index < -0.39 is 0 Å². The van der Waals surface area contributed by atoms with E-state index in [9.17, 15) is 4.79 Å². The van der Waals surface area contributed by atoms with Crippen LogP contribution in [-0.2, 0) is 17.9 Å². The lowest BCUT2D eigenvalue weighted by Crippen LogP contribution is -2.18. The lowest BCUT2D eigenvalue weighted by atomic mass is 10.1. The van der Waals surface area contributed by atoms with E-state index in [-0.39, 0.29) is 11.9 Å². The van der Waals surface area contributed by atoms with E-state index in [0.717, 1.165) is 24.3 Å². The number of carbonyl (C=O) groups is 1. The van der Waals surface area contributed by atoms with Gasteiger partial charge in [-0.1, -0.05) is 36.4 Å². The summed E-state index contributed by atoms with van der Waals surface area (Å²) in [6, 6.07) is 16.7. The second-order valence-corrected chi connectivity index (χ2v) is 6.46. The smallest absolute Gasteiger partial charge is 0.221 e. The van der Waals surface area contributed by atoms with Gasteiger partial charge in [0.25, 0.3) is 0 Å². The molecular weight excluding hydrogens is 324 g/mol. The van der Waals surface area contributed by atoms with Gasteiger partial charge < -0.3 is 15.2 Å². The number of rotatable bonds is 7. The molecule has 0 saturated heterocycles. The predicted octanol–water partition coefficient (Wildman–Crippen LogP) is 3.74. The number of hydrogen-bond donors (Lipinski definition) is 2. The Balaban J connectivity index is 1.55. The Hall–Kier alpha value is -2.92. The Morgan fingerprint density at radius 3 is 2.62 bits per heavy atom. The summed E-state index contributed by atoms with van der Waals surface area (Å²) >= 11 is 0. The molecule has 0 aliphatic rings. The van der Waals surface area contributed by atoms with E-state index in [0.29, 0.717) is 0 Å². The molecule has 0 aliphatic heterocycles. The molecule has 2 N–H and O–H groups in total. The van der Waals surface area contributed by atoms with E-state index in [1.807, 2.05) is 30.7 Å². The van der Waals surface area contributed by atoms with Gasteiger partial charge in [0.1, 0.15) is 0 Å². The molecule has 1 amide bonds. The molecule has 0 unspecified atom stereocenters. The van der Waals surface area contributed by atoms with Crippen LogP contribution in [0.15, 0.2) is 67.3 Å². The van der Waals surface area contributed by atoms with Crippen molar-refractivity contribution >= 4 is 11.6 Å². The summed E-state index contributed by atoms with van der Waals surface area (Å²) in [5.74, 6) is -0.0569. The standard InChI is InChI=1S/C21H24N4O/c1-16(20-4-3-5-21(12-20)24-17(2)26)23-13-18-6-8-19(9-7-18)14-25-11-10-22-15-25/h3-12,15-16,23H,13-14H2,1-2H3,(H,24,26)/t16-/m1/s1. The fraction of sp³-hybridized carbons (Fsp3) is 0.238. The SMILES string of the molecule is CC(=O)Nc1cccc([C@@H](C)NCc2ccc(Cn3ccnc3)cc2)c1. The van der Waals surface area contributed by atoms with E-state index in [2.05, 4.69) is 57.4 Å². The number of benzene rings is 2. The molecule has 3 rings (SSSR count). The molecule has 0 saturated carbocycles. The van der Waals surface area contributed by atoms with Crippen molar-refractivity contribution in [2.45, 2.75) is 33.0 Å². The number of aromatic nitrogens is 2. The maximum atomic E-state index is 11.2. The van der Waals surface area contributed by atoms with Crippen molar-refractivity contribution in [1.29, 1.82) is 0 Å². The number of anilines is 1. The third kappa shape index (κ3) is 5.04. The highest BCUT2D eigenvalue weighted by Gasteiger charge is 2.06. The zero-order valence-electron chi connectivity index (χ0n) is 15.1. The average Bonchev–Trinajstić information content (AvgIpc) is 3.13. The van der Waals surface area contributed by atoms with Crippen LogP contribution in [0.4, 0.5) is 5.69 Å². The van der Waals surface area contributed by atoms with Crippen LogP contribution in [-0.4, -0.2) is 15.5 Å². The predicted molar refractivity (Wildman–Crippen MR) is 104 cm³/mol. The number of carbonyl (C=O) groups excluding carboxylic acids is 1. The third-order valence-corrected chi connectivity index (χ3v) is 4.27. The Kier molecular flexibility index (Phi) is 5.81. The lowest BCUT2D eigenvalue weighted by molar-refractivity contribution is -0.114. The molecule has 5 nitrogen and oxygen atoms in total. The number of amides is 1. The monoisotopic (exact) mass is 348 g/mol. The summed E-state index contributed by atoms with van der Waals surface area (Å²) in [5.41, 5.74) is 4.47. The van der Waals surface area contributed by atoms with Gasteiger partial charge in [-0.2, -0.15) is 0 Å². The molecule has 0 spiro atoms.